The summed E-state index contributed by atoms with van der Waals surface area (Å²) in [5.74, 6) is 0.117. The van der Waals surface area contributed by atoms with Gasteiger partial charge in [0.1, 0.15) is 11.6 Å². The van der Waals surface area contributed by atoms with E-state index in [0.717, 1.165) is 0 Å². The molecule has 2 unspecified atom stereocenters. The van der Waals surface area contributed by atoms with Crippen LogP contribution in [0.15, 0.2) is 29.2 Å². The standard InChI is InChI=1S/C21H30N4O6S2/c1-20(2,3)31-19(28)22-10-11-23-33(29,30)15-7-5-6-14(12-15)24-18(27)16-13-32-21(4)9-8-17(26)25(16)21/h5-7,12,16,23H,8-11,13H2,1-4H3,(H,22,28)(H,24,27). The number of carbonyl (C=O) groups excluding carboxylic acids is 3. The van der Waals surface area contributed by atoms with Gasteiger partial charge in [-0.2, -0.15) is 0 Å². The van der Waals surface area contributed by atoms with Crippen LogP contribution in [0.5, 0.6) is 0 Å². The number of benzene rings is 1. The molecule has 0 spiro atoms. The first-order valence-electron chi connectivity index (χ1n) is 10.6. The van der Waals surface area contributed by atoms with Gasteiger partial charge in [0.15, 0.2) is 0 Å². The van der Waals surface area contributed by atoms with E-state index in [9.17, 15) is 22.8 Å². The van der Waals surface area contributed by atoms with Gasteiger partial charge in [-0.05, 0) is 52.3 Å². The fourth-order valence-electron chi connectivity index (χ4n) is 3.73. The largest absolute Gasteiger partial charge is 0.444 e. The molecule has 2 fully saturated rings. The van der Waals surface area contributed by atoms with Crippen molar-refractivity contribution in [3.05, 3.63) is 24.3 Å². The van der Waals surface area contributed by atoms with E-state index >= 15 is 0 Å². The Kier molecular flexibility index (Phi) is 7.30. The number of rotatable bonds is 7. The molecular formula is C21H30N4O6S2. The minimum absolute atomic E-state index is 0.0274. The van der Waals surface area contributed by atoms with Gasteiger partial charge in [-0.1, -0.05) is 6.07 Å². The number of fused-ring (bicyclic) bond motifs is 1. The van der Waals surface area contributed by atoms with E-state index < -0.39 is 27.8 Å². The number of anilines is 1. The Morgan fingerprint density at radius 2 is 2.00 bits per heavy atom. The van der Waals surface area contributed by atoms with E-state index in [-0.39, 0.29) is 34.7 Å². The number of nitrogens with zero attached hydrogens (tertiary/aromatic N) is 1. The number of amides is 3. The minimum Gasteiger partial charge on any atom is -0.444 e. The van der Waals surface area contributed by atoms with Gasteiger partial charge >= 0.3 is 6.09 Å². The number of carbonyl (C=O) groups is 3. The number of ether oxygens (including phenoxy) is 1. The Morgan fingerprint density at radius 3 is 2.70 bits per heavy atom. The number of sulfonamides is 1. The molecule has 0 aliphatic carbocycles. The van der Waals surface area contributed by atoms with E-state index in [1.807, 2.05) is 6.92 Å². The molecule has 1 aromatic carbocycles. The van der Waals surface area contributed by atoms with Gasteiger partial charge in [0.05, 0.1) is 9.77 Å². The average molecular weight is 499 g/mol. The summed E-state index contributed by atoms with van der Waals surface area (Å²) in [6.07, 6.45) is 0.502. The maximum absolute atomic E-state index is 12.8. The molecule has 1 aromatic rings. The van der Waals surface area contributed by atoms with Gasteiger partial charge in [0, 0.05) is 31.0 Å². The van der Waals surface area contributed by atoms with Crippen LogP contribution >= 0.6 is 11.8 Å². The molecule has 3 N–H and O–H groups in total. The molecule has 3 rings (SSSR count). The van der Waals surface area contributed by atoms with Crippen molar-refractivity contribution in [2.45, 2.75) is 61.9 Å². The summed E-state index contributed by atoms with van der Waals surface area (Å²) in [7, 11) is -3.87. The molecule has 0 radical (unpaired) electrons. The normalized spacial score (nSPS) is 22.7. The Bertz CT molecular complexity index is 1040. The van der Waals surface area contributed by atoms with Crippen LogP contribution in [-0.2, 0) is 24.3 Å². The zero-order valence-electron chi connectivity index (χ0n) is 19.1. The monoisotopic (exact) mass is 498 g/mol. The summed E-state index contributed by atoms with van der Waals surface area (Å²) >= 11 is 1.59. The van der Waals surface area contributed by atoms with Gasteiger partial charge in [-0.25, -0.2) is 17.9 Å². The first-order chi connectivity index (χ1) is 15.3. The van der Waals surface area contributed by atoms with Gasteiger partial charge in [-0.3, -0.25) is 9.59 Å². The third kappa shape index (κ3) is 6.18. The fraction of sp³-hybridized carbons (Fsp3) is 0.571. The molecule has 0 aromatic heterocycles. The van der Waals surface area contributed by atoms with Gasteiger partial charge in [0.25, 0.3) is 0 Å². The van der Waals surface area contributed by atoms with E-state index in [2.05, 4.69) is 15.4 Å². The highest BCUT2D eigenvalue weighted by molar-refractivity contribution is 8.01. The lowest BCUT2D eigenvalue weighted by Crippen LogP contribution is -2.48. The second-order valence-electron chi connectivity index (χ2n) is 9.11. The molecule has 2 aliphatic rings. The van der Waals surface area contributed by atoms with E-state index in [4.69, 9.17) is 4.74 Å². The van der Waals surface area contributed by atoms with E-state index in [0.29, 0.717) is 24.3 Å². The molecule has 2 heterocycles. The van der Waals surface area contributed by atoms with E-state index in [1.165, 1.54) is 18.2 Å². The summed E-state index contributed by atoms with van der Waals surface area (Å²) in [5, 5.41) is 5.22. The van der Waals surface area contributed by atoms with Gasteiger partial charge in [0.2, 0.25) is 21.8 Å². The van der Waals surface area contributed by atoms with Crippen molar-refractivity contribution < 1.29 is 27.5 Å². The number of alkyl carbamates (subject to hydrolysis) is 1. The topological polar surface area (TPSA) is 134 Å². The molecule has 182 valence electrons. The highest BCUT2D eigenvalue weighted by Gasteiger charge is 2.52. The molecule has 3 amide bonds. The first kappa shape index (κ1) is 25.3. The lowest BCUT2D eigenvalue weighted by molar-refractivity contribution is -0.135. The highest BCUT2D eigenvalue weighted by Crippen LogP contribution is 2.47. The van der Waals surface area contributed by atoms with Crippen molar-refractivity contribution >= 4 is 45.4 Å². The molecular weight excluding hydrogens is 468 g/mol. The van der Waals surface area contributed by atoms with Crippen LogP contribution in [0.2, 0.25) is 0 Å². The van der Waals surface area contributed by atoms with Gasteiger partial charge < -0.3 is 20.3 Å². The predicted molar refractivity (Wildman–Crippen MR) is 125 cm³/mol. The van der Waals surface area contributed by atoms with Crippen LogP contribution in [0.25, 0.3) is 0 Å². The lowest BCUT2D eigenvalue weighted by atomic mass is 10.2. The SMILES string of the molecule is CC(C)(C)OC(=O)NCCNS(=O)(=O)c1cccc(NC(=O)C2CSC3(C)CCC(=O)N23)c1. The number of thioether (sulfide) groups is 1. The summed E-state index contributed by atoms with van der Waals surface area (Å²) in [6, 6.07) is 5.29. The van der Waals surface area contributed by atoms with Crippen molar-refractivity contribution in [2.24, 2.45) is 0 Å². The maximum atomic E-state index is 12.8. The fourth-order valence-corrected chi connectivity index (χ4v) is 6.24. The summed E-state index contributed by atoms with van der Waals surface area (Å²) in [6.45, 7) is 7.17. The summed E-state index contributed by atoms with van der Waals surface area (Å²) < 4.78 is 32.7. The molecule has 2 aliphatic heterocycles. The zero-order valence-corrected chi connectivity index (χ0v) is 20.8. The van der Waals surface area contributed by atoms with Crippen LogP contribution in [0.3, 0.4) is 0 Å². The Labute approximate surface area is 198 Å². The zero-order chi connectivity index (χ0) is 24.4. The summed E-state index contributed by atoms with van der Waals surface area (Å²) in [4.78, 5) is 38.0. The third-order valence-electron chi connectivity index (χ3n) is 5.24. The van der Waals surface area contributed by atoms with Crippen LogP contribution in [0.1, 0.15) is 40.5 Å². The van der Waals surface area contributed by atoms with Crippen molar-refractivity contribution in [3.8, 4) is 0 Å². The molecule has 12 heteroatoms. The highest BCUT2D eigenvalue weighted by atomic mass is 32.2. The van der Waals surface area contributed by atoms with Crippen LogP contribution < -0.4 is 15.4 Å². The molecule has 2 saturated heterocycles. The van der Waals surface area contributed by atoms with Crippen LogP contribution in [0.4, 0.5) is 10.5 Å². The van der Waals surface area contributed by atoms with Crippen molar-refractivity contribution in [1.82, 2.24) is 14.9 Å². The molecule has 2 atom stereocenters. The average Bonchev–Trinajstić information content (AvgIpc) is 3.20. The Balaban J connectivity index is 1.57. The number of hydrogen-bond acceptors (Lipinski definition) is 7. The second kappa shape index (κ2) is 9.51. The predicted octanol–water partition coefficient (Wildman–Crippen LogP) is 1.88. The van der Waals surface area contributed by atoms with Gasteiger partial charge in [-0.15, -0.1) is 11.8 Å². The maximum Gasteiger partial charge on any atom is 0.407 e. The number of hydrogen-bond donors (Lipinski definition) is 3. The lowest BCUT2D eigenvalue weighted by Gasteiger charge is -2.29. The quantitative estimate of drug-likeness (QED) is 0.489. The third-order valence-corrected chi connectivity index (χ3v) is 8.21. The smallest absolute Gasteiger partial charge is 0.407 e. The number of nitrogens with one attached hydrogen (secondary N) is 3. The molecule has 10 nitrogen and oxygen atoms in total. The minimum atomic E-state index is -3.87. The van der Waals surface area contributed by atoms with Crippen LogP contribution in [-0.4, -0.2) is 66.6 Å². The molecule has 0 bridgehead atoms. The Hall–Kier alpha value is -2.31. The molecule has 0 saturated carbocycles. The van der Waals surface area contributed by atoms with E-state index in [1.54, 1.807) is 43.5 Å². The van der Waals surface area contributed by atoms with Crippen molar-refractivity contribution in [1.29, 1.82) is 0 Å². The van der Waals surface area contributed by atoms with Crippen LogP contribution in [0, 0.1) is 0 Å². The Morgan fingerprint density at radius 1 is 1.27 bits per heavy atom. The molecule has 33 heavy (non-hydrogen) atoms. The second-order valence-corrected chi connectivity index (χ2v) is 12.4. The first-order valence-corrected chi connectivity index (χ1v) is 13.1. The summed E-state index contributed by atoms with van der Waals surface area (Å²) in [5.41, 5.74) is -0.327. The van der Waals surface area contributed by atoms with Crippen molar-refractivity contribution in [2.75, 3.05) is 24.2 Å². The van der Waals surface area contributed by atoms with Crippen molar-refractivity contribution in [3.63, 3.8) is 0 Å².